The molecule has 3 rings (SSSR count). The maximum atomic E-state index is 12.8. The second-order valence-corrected chi connectivity index (χ2v) is 7.22. The fraction of sp³-hybridized carbons (Fsp3) is 0.550. The molecule has 1 saturated carbocycles. The maximum Gasteiger partial charge on any atom is 0.268 e. The Morgan fingerprint density at radius 1 is 1.23 bits per heavy atom. The monoisotopic (exact) mass is 358 g/mol. The molecule has 0 bridgehead atoms. The van der Waals surface area contributed by atoms with Crippen LogP contribution in [0.3, 0.4) is 0 Å². The number of Topliss-reactive ketones (excluding diaryl/α,β-unsaturated/α-hetero) is 1. The van der Waals surface area contributed by atoms with Gasteiger partial charge in [-0.05, 0) is 44.9 Å². The van der Waals surface area contributed by atoms with E-state index in [1.807, 2.05) is 7.05 Å². The van der Waals surface area contributed by atoms with Crippen LogP contribution in [0.2, 0.25) is 0 Å². The number of hydrogen-bond acceptors (Lipinski definition) is 4. The zero-order valence-corrected chi connectivity index (χ0v) is 15.7. The molecule has 0 N–H and O–H groups in total. The van der Waals surface area contributed by atoms with E-state index in [0.29, 0.717) is 17.0 Å². The van der Waals surface area contributed by atoms with Crippen molar-refractivity contribution in [1.29, 1.82) is 0 Å². The first-order valence-corrected chi connectivity index (χ1v) is 9.27. The first-order valence-electron chi connectivity index (χ1n) is 9.27. The Balaban J connectivity index is 1.84. The van der Waals surface area contributed by atoms with Crippen molar-refractivity contribution in [2.75, 3.05) is 18.5 Å². The Bertz CT molecular complexity index is 725. The standard InChI is InChI=1S/C20H26N2O4/c1-13(23)15-9-10-18-17(11-15)22(20(25)14(2)26-18)12-19(24)21(3)16-7-5-4-6-8-16/h9-11,14,16H,4-8,12H2,1-3H3. The number of likely N-dealkylation sites (N-methyl/N-ethyl adjacent to an activating group) is 1. The minimum atomic E-state index is -0.654. The highest BCUT2D eigenvalue weighted by molar-refractivity contribution is 6.05. The first-order chi connectivity index (χ1) is 12.4. The van der Waals surface area contributed by atoms with Crippen molar-refractivity contribution < 1.29 is 19.1 Å². The van der Waals surface area contributed by atoms with Crippen molar-refractivity contribution in [1.82, 2.24) is 4.90 Å². The van der Waals surface area contributed by atoms with E-state index in [1.165, 1.54) is 18.2 Å². The van der Waals surface area contributed by atoms with Crippen LogP contribution in [0.15, 0.2) is 18.2 Å². The van der Waals surface area contributed by atoms with E-state index >= 15 is 0 Å². The molecule has 1 heterocycles. The summed E-state index contributed by atoms with van der Waals surface area (Å²) in [5.74, 6) is 0.0850. The van der Waals surface area contributed by atoms with Crippen LogP contribution in [0.5, 0.6) is 5.75 Å². The van der Waals surface area contributed by atoms with Gasteiger partial charge in [-0.25, -0.2) is 0 Å². The van der Waals surface area contributed by atoms with Crippen LogP contribution in [0.1, 0.15) is 56.3 Å². The summed E-state index contributed by atoms with van der Waals surface area (Å²) in [6.07, 6.45) is 4.88. The highest BCUT2D eigenvalue weighted by Gasteiger charge is 2.34. The van der Waals surface area contributed by atoms with Gasteiger partial charge in [0.2, 0.25) is 5.91 Å². The molecule has 1 aliphatic carbocycles. The van der Waals surface area contributed by atoms with Gasteiger partial charge in [0.05, 0.1) is 5.69 Å². The zero-order chi connectivity index (χ0) is 18.8. The summed E-state index contributed by atoms with van der Waals surface area (Å²) >= 11 is 0. The third-order valence-corrected chi connectivity index (χ3v) is 5.38. The summed E-state index contributed by atoms with van der Waals surface area (Å²) in [5.41, 5.74) is 0.985. The van der Waals surface area contributed by atoms with Crippen molar-refractivity contribution >= 4 is 23.3 Å². The Morgan fingerprint density at radius 3 is 2.58 bits per heavy atom. The zero-order valence-electron chi connectivity index (χ0n) is 15.7. The number of anilines is 1. The first kappa shape index (κ1) is 18.4. The largest absolute Gasteiger partial charge is 0.479 e. The number of amides is 2. The maximum absolute atomic E-state index is 12.8. The van der Waals surface area contributed by atoms with Gasteiger partial charge in [-0.1, -0.05) is 19.3 Å². The van der Waals surface area contributed by atoms with Gasteiger partial charge in [0, 0.05) is 18.7 Å². The third-order valence-electron chi connectivity index (χ3n) is 5.38. The molecule has 0 saturated heterocycles. The number of carbonyl (C=O) groups excluding carboxylic acids is 3. The van der Waals surface area contributed by atoms with Crippen LogP contribution in [-0.4, -0.2) is 48.2 Å². The average Bonchev–Trinajstić information content (AvgIpc) is 2.65. The van der Waals surface area contributed by atoms with E-state index in [4.69, 9.17) is 4.74 Å². The molecule has 1 fully saturated rings. The Labute approximate surface area is 154 Å². The van der Waals surface area contributed by atoms with Crippen LogP contribution < -0.4 is 9.64 Å². The van der Waals surface area contributed by atoms with Crippen LogP contribution in [-0.2, 0) is 9.59 Å². The molecule has 140 valence electrons. The average molecular weight is 358 g/mol. The van der Waals surface area contributed by atoms with Crippen LogP contribution in [0.25, 0.3) is 0 Å². The van der Waals surface area contributed by atoms with Crippen molar-refractivity contribution in [2.24, 2.45) is 0 Å². The number of fused-ring (bicyclic) bond motifs is 1. The minimum Gasteiger partial charge on any atom is -0.479 e. The van der Waals surface area contributed by atoms with E-state index in [2.05, 4.69) is 0 Å². The van der Waals surface area contributed by atoms with Gasteiger partial charge in [0.15, 0.2) is 11.9 Å². The smallest absolute Gasteiger partial charge is 0.268 e. The Hall–Kier alpha value is -2.37. The molecule has 1 unspecified atom stereocenters. The summed E-state index contributed by atoms with van der Waals surface area (Å²) < 4.78 is 5.64. The fourth-order valence-corrected chi connectivity index (χ4v) is 3.71. The lowest BCUT2D eigenvalue weighted by Crippen LogP contribution is -2.50. The van der Waals surface area contributed by atoms with Crippen LogP contribution >= 0.6 is 0 Å². The molecule has 26 heavy (non-hydrogen) atoms. The number of benzene rings is 1. The summed E-state index contributed by atoms with van der Waals surface area (Å²) in [5, 5.41) is 0. The predicted molar refractivity (Wildman–Crippen MR) is 98.5 cm³/mol. The number of rotatable bonds is 4. The molecule has 0 radical (unpaired) electrons. The van der Waals surface area contributed by atoms with E-state index < -0.39 is 6.10 Å². The van der Waals surface area contributed by atoms with Crippen molar-refractivity contribution in [3.8, 4) is 5.75 Å². The Kier molecular flexibility index (Phi) is 5.30. The second kappa shape index (κ2) is 7.48. The van der Waals surface area contributed by atoms with E-state index in [9.17, 15) is 14.4 Å². The fourth-order valence-electron chi connectivity index (χ4n) is 3.71. The summed E-state index contributed by atoms with van der Waals surface area (Å²) in [6.45, 7) is 3.11. The van der Waals surface area contributed by atoms with Crippen LogP contribution in [0, 0.1) is 0 Å². The van der Waals surface area contributed by atoms with E-state index in [0.717, 1.165) is 25.7 Å². The molecule has 1 aromatic carbocycles. The third kappa shape index (κ3) is 3.59. The number of nitrogens with zero attached hydrogens (tertiary/aromatic N) is 2. The lowest BCUT2D eigenvalue weighted by atomic mass is 9.94. The minimum absolute atomic E-state index is 0.0338. The van der Waals surface area contributed by atoms with Crippen LogP contribution in [0.4, 0.5) is 5.69 Å². The van der Waals surface area contributed by atoms with Gasteiger partial charge in [-0.3, -0.25) is 19.3 Å². The normalized spacial score (nSPS) is 20.3. The molecule has 0 aromatic heterocycles. The molecular weight excluding hydrogens is 332 g/mol. The van der Waals surface area contributed by atoms with Gasteiger partial charge in [0.25, 0.3) is 5.91 Å². The lowest BCUT2D eigenvalue weighted by molar-refractivity contribution is -0.134. The molecular formula is C20H26N2O4. The quantitative estimate of drug-likeness (QED) is 0.776. The van der Waals surface area contributed by atoms with Gasteiger partial charge in [-0.15, -0.1) is 0 Å². The predicted octanol–water partition coefficient (Wildman–Crippen LogP) is 2.79. The summed E-state index contributed by atoms with van der Waals surface area (Å²) in [4.78, 5) is 40.4. The van der Waals surface area contributed by atoms with Gasteiger partial charge in [0.1, 0.15) is 12.3 Å². The number of hydrogen-bond donors (Lipinski definition) is 0. The number of carbonyl (C=O) groups is 3. The van der Waals surface area contributed by atoms with Gasteiger partial charge in [-0.2, -0.15) is 0 Å². The van der Waals surface area contributed by atoms with Crippen molar-refractivity contribution in [3.63, 3.8) is 0 Å². The molecule has 6 nitrogen and oxygen atoms in total. The lowest BCUT2D eigenvalue weighted by Gasteiger charge is -2.36. The van der Waals surface area contributed by atoms with Crippen molar-refractivity contribution in [3.05, 3.63) is 23.8 Å². The SMILES string of the molecule is CC(=O)c1ccc2c(c1)N(CC(=O)N(C)C1CCCCC1)C(=O)C(C)O2. The molecule has 0 spiro atoms. The molecule has 1 aromatic rings. The highest BCUT2D eigenvalue weighted by atomic mass is 16.5. The second-order valence-electron chi connectivity index (χ2n) is 7.22. The number of ether oxygens (including phenoxy) is 1. The van der Waals surface area contributed by atoms with Gasteiger partial charge >= 0.3 is 0 Å². The highest BCUT2D eigenvalue weighted by Crippen LogP contribution is 2.35. The molecule has 2 aliphatic rings. The summed E-state index contributed by atoms with van der Waals surface area (Å²) in [7, 11) is 1.82. The molecule has 1 aliphatic heterocycles. The van der Waals surface area contributed by atoms with E-state index in [-0.39, 0.29) is 30.2 Å². The molecule has 1 atom stereocenters. The topological polar surface area (TPSA) is 66.9 Å². The summed E-state index contributed by atoms with van der Waals surface area (Å²) in [6, 6.07) is 5.25. The molecule has 6 heteroatoms. The Morgan fingerprint density at radius 2 is 1.92 bits per heavy atom. The molecule has 2 amide bonds. The van der Waals surface area contributed by atoms with Crippen molar-refractivity contribution in [2.45, 2.75) is 58.1 Å². The number of ketones is 1. The van der Waals surface area contributed by atoms with Gasteiger partial charge < -0.3 is 9.64 Å². The van der Waals surface area contributed by atoms with E-state index in [1.54, 1.807) is 30.0 Å².